The predicted octanol–water partition coefficient (Wildman–Crippen LogP) is 1.74. The molecule has 0 bridgehead atoms. The van der Waals surface area contributed by atoms with Crippen molar-refractivity contribution in [2.75, 3.05) is 6.54 Å². The highest BCUT2D eigenvalue weighted by Crippen LogP contribution is 2.14. The smallest absolute Gasteiger partial charge is 0.248 e. The molecule has 0 aliphatic carbocycles. The molecule has 104 valence electrons. The lowest BCUT2D eigenvalue weighted by molar-refractivity contribution is 0.361. The van der Waals surface area contributed by atoms with Crippen molar-refractivity contribution in [1.29, 1.82) is 0 Å². The normalized spacial score (nSPS) is 11.2. The van der Waals surface area contributed by atoms with Gasteiger partial charge < -0.3 is 9.84 Å². The monoisotopic (exact) mass is 263 g/mol. The first-order valence-electron chi connectivity index (χ1n) is 6.64. The molecular weight excluding hydrogens is 242 g/mol. The van der Waals surface area contributed by atoms with Gasteiger partial charge in [-0.3, -0.25) is 4.68 Å². The van der Waals surface area contributed by atoms with Gasteiger partial charge in [0, 0.05) is 17.8 Å². The molecule has 0 saturated heterocycles. The van der Waals surface area contributed by atoms with E-state index >= 15 is 0 Å². The second-order valence-electron chi connectivity index (χ2n) is 4.72. The summed E-state index contributed by atoms with van der Waals surface area (Å²) in [6.45, 7) is 10.5. The summed E-state index contributed by atoms with van der Waals surface area (Å²) < 4.78 is 7.06. The highest BCUT2D eigenvalue weighted by Gasteiger charge is 2.13. The molecule has 0 spiro atoms. The molecule has 0 atom stereocenters. The summed E-state index contributed by atoms with van der Waals surface area (Å²) in [6, 6.07) is 0. The molecule has 0 amide bonds. The van der Waals surface area contributed by atoms with E-state index < -0.39 is 0 Å². The highest BCUT2D eigenvalue weighted by atomic mass is 16.5. The van der Waals surface area contributed by atoms with Gasteiger partial charge >= 0.3 is 0 Å². The number of rotatable bonds is 6. The van der Waals surface area contributed by atoms with Crippen LogP contribution in [0.3, 0.4) is 0 Å². The Morgan fingerprint density at radius 1 is 1.26 bits per heavy atom. The largest absolute Gasteiger partial charge is 0.337 e. The summed E-state index contributed by atoms with van der Waals surface area (Å²) >= 11 is 0. The standard InChI is InChI=1S/C13H21N5O/c1-5-6-14-7-12-9(2)16-18(10(12)3)8-13-15-11(4)17-19-13/h14H,5-8H2,1-4H3. The number of aryl methyl sites for hydroxylation is 2. The van der Waals surface area contributed by atoms with Gasteiger partial charge in [0.25, 0.3) is 0 Å². The van der Waals surface area contributed by atoms with Gasteiger partial charge in [-0.15, -0.1) is 0 Å². The number of hydrogen-bond acceptors (Lipinski definition) is 5. The van der Waals surface area contributed by atoms with Crippen molar-refractivity contribution in [3.8, 4) is 0 Å². The molecule has 0 fully saturated rings. The topological polar surface area (TPSA) is 68.8 Å². The predicted molar refractivity (Wildman–Crippen MR) is 71.8 cm³/mol. The molecule has 0 unspecified atom stereocenters. The van der Waals surface area contributed by atoms with E-state index in [0.717, 1.165) is 30.9 Å². The van der Waals surface area contributed by atoms with Crippen LogP contribution in [0.4, 0.5) is 0 Å². The van der Waals surface area contributed by atoms with Crippen LogP contribution in [0.5, 0.6) is 0 Å². The second kappa shape index (κ2) is 5.97. The van der Waals surface area contributed by atoms with Gasteiger partial charge in [-0.05, 0) is 33.7 Å². The summed E-state index contributed by atoms with van der Waals surface area (Å²) in [6.07, 6.45) is 1.13. The van der Waals surface area contributed by atoms with Crippen molar-refractivity contribution in [3.05, 3.63) is 28.7 Å². The van der Waals surface area contributed by atoms with Crippen LogP contribution >= 0.6 is 0 Å². The number of nitrogens with one attached hydrogen (secondary N) is 1. The first-order chi connectivity index (χ1) is 9.11. The molecule has 6 nitrogen and oxygen atoms in total. The van der Waals surface area contributed by atoms with Crippen LogP contribution in [-0.4, -0.2) is 26.5 Å². The van der Waals surface area contributed by atoms with E-state index in [1.807, 2.05) is 18.5 Å². The molecule has 2 aromatic heterocycles. The van der Waals surface area contributed by atoms with E-state index in [1.54, 1.807) is 0 Å². The van der Waals surface area contributed by atoms with E-state index in [-0.39, 0.29) is 0 Å². The molecule has 0 aliphatic heterocycles. The van der Waals surface area contributed by atoms with E-state index in [0.29, 0.717) is 18.3 Å². The molecule has 1 N–H and O–H groups in total. The zero-order valence-corrected chi connectivity index (χ0v) is 12.0. The fraction of sp³-hybridized carbons (Fsp3) is 0.615. The molecule has 0 aromatic carbocycles. The Bertz CT molecular complexity index is 543. The lowest BCUT2D eigenvalue weighted by Gasteiger charge is -2.04. The van der Waals surface area contributed by atoms with E-state index in [9.17, 15) is 0 Å². The maximum absolute atomic E-state index is 5.13. The van der Waals surface area contributed by atoms with Crippen molar-refractivity contribution >= 4 is 0 Å². The van der Waals surface area contributed by atoms with Crippen molar-refractivity contribution in [2.45, 2.75) is 47.2 Å². The average molecular weight is 263 g/mol. The van der Waals surface area contributed by atoms with Crippen LogP contribution in [0.1, 0.15) is 42.0 Å². The Kier molecular flexibility index (Phi) is 4.31. The van der Waals surface area contributed by atoms with Crippen molar-refractivity contribution in [1.82, 2.24) is 25.2 Å². The van der Waals surface area contributed by atoms with Gasteiger partial charge in [-0.25, -0.2) is 0 Å². The molecule has 2 heterocycles. The summed E-state index contributed by atoms with van der Waals surface area (Å²) in [5.41, 5.74) is 3.46. The quantitative estimate of drug-likeness (QED) is 0.804. The van der Waals surface area contributed by atoms with Crippen molar-refractivity contribution < 1.29 is 4.52 Å². The highest BCUT2D eigenvalue weighted by molar-refractivity contribution is 5.24. The Balaban J connectivity index is 2.11. The van der Waals surface area contributed by atoms with Crippen LogP contribution < -0.4 is 5.32 Å². The Hall–Kier alpha value is -1.69. The number of hydrogen-bond donors (Lipinski definition) is 1. The number of nitrogens with zero attached hydrogens (tertiary/aromatic N) is 4. The fourth-order valence-corrected chi connectivity index (χ4v) is 2.07. The molecule has 0 aliphatic rings. The summed E-state index contributed by atoms with van der Waals surface area (Å²) in [5.74, 6) is 1.25. The van der Waals surface area contributed by atoms with Gasteiger partial charge in [-0.1, -0.05) is 12.1 Å². The third-order valence-corrected chi connectivity index (χ3v) is 3.11. The van der Waals surface area contributed by atoms with Crippen LogP contribution in [0.2, 0.25) is 0 Å². The first kappa shape index (κ1) is 13.7. The maximum atomic E-state index is 5.13. The molecule has 0 saturated carbocycles. The van der Waals surface area contributed by atoms with Crippen LogP contribution in [0.25, 0.3) is 0 Å². The number of aromatic nitrogens is 4. The molecular formula is C13H21N5O. The third-order valence-electron chi connectivity index (χ3n) is 3.11. The lowest BCUT2D eigenvalue weighted by atomic mass is 10.2. The van der Waals surface area contributed by atoms with Gasteiger partial charge in [0.05, 0.1) is 5.69 Å². The van der Waals surface area contributed by atoms with E-state index in [1.165, 1.54) is 5.56 Å². The third kappa shape index (κ3) is 3.20. The minimum Gasteiger partial charge on any atom is -0.337 e. The summed E-state index contributed by atoms with van der Waals surface area (Å²) in [5, 5.41) is 11.7. The van der Waals surface area contributed by atoms with Gasteiger partial charge in [0.15, 0.2) is 5.82 Å². The summed E-state index contributed by atoms with van der Waals surface area (Å²) in [7, 11) is 0. The van der Waals surface area contributed by atoms with Crippen molar-refractivity contribution in [2.24, 2.45) is 0 Å². The van der Waals surface area contributed by atoms with Crippen molar-refractivity contribution in [3.63, 3.8) is 0 Å². The molecule has 2 aromatic rings. The Morgan fingerprint density at radius 2 is 2.05 bits per heavy atom. The van der Waals surface area contributed by atoms with Gasteiger partial charge in [-0.2, -0.15) is 10.1 Å². The van der Waals surface area contributed by atoms with Gasteiger partial charge in [0.2, 0.25) is 5.89 Å². The van der Waals surface area contributed by atoms with Crippen LogP contribution in [0, 0.1) is 20.8 Å². The Morgan fingerprint density at radius 3 is 2.68 bits per heavy atom. The minimum atomic E-state index is 0.529. The van der Waals surface area contributed by atoms with Crippen LogP contribution in [-0.2, 0) is 13.1 Å². The Labute approximate surface area is 113 Å². The first-order valence-corrected chi connectivity index (χ1v) is 6.64. The molecule has 19 heavy (non-hydrogen) atoms. The zero-order chi connectivity index (χ0) is 13.8. The SMILES string of the molecule is CCCNCc1c(C)nn(Cc2nc(C)no2)c1C. The molecule has 0 radical (unpaired) electrons. The van der Waals surface area contributed by atoms with E-state index in [2.05, 4.69) is 34.4 Å². The fourth-order valence-electron chi connectivity index (χ4n) is 2.07. The molecule has 2 rings (SSSR count). The average Bonchev–Trinajstić information content (AvgIpc) is 2.88. The minimum absolute atomic E-state index is 0.529. The lowest BCUT2D eigenvalue weighted by Crippen LogP contribution is -2.15. The maximum Gasteiger partial charge on any atom is 0.248 e. The molecule has 6 heteroatoms. The van der Waals surface area contributed by atoms with Crippen LogP contribution in [0.15, 0.2) is 4.52 Å². The second-order valence-corrected chi connectivity index (χ2v) is 4.72. The van der Waals surface area contributed by atoms with Gasteiger partial charge in [0.1, 0.15) is 6.54 Å². The van der Waals surface area contributed by atoms with E-state index in [4.69, 9.17) is 4.52 Å². The summed E-state index contributed by atoms with van der Waals surface area (Å²) in [4.78, 5) is 4.21. The zero-order valence-electron chi connectivity index (χ0n) is 12.0.